The predicted molar refractivity (Wildman–Crippen MR) is 166 cm³/mol. The lowest BCUT2D eigenvalue weighted by atomic mass is 10.1. The van der Waals surface area contributed by atoms with Crippen molar-refractivity contribution in [1.82, 2.24) is 10.2 Å². The molecule has 3 aromatic rings. The van der Waals surface area contributed by atoms with Crippen molar-refractivity contribution in [3.63, 3.8) is 0 Å². The van der Waals surface area contributed by atoms with Gasteiger partial charge in [0.1, 0.15) is 12.6 Å². The smallest absolute Gasteiger partial charge is 0.264 e. The van der Waals surface area contributed by atoms with Crippen molar-refractivity contribution in [2.75, 3.05) is 10.8 Å². The van der Waals surface area contributed by atoms with E-state index in [4.69, 9.17) is 0 Å². The van der Waals surface area contributed by atoms with Crippen LogP contribution in [0.4, 0.5) is 5.69 Å². The van der Waals surface area contributed by atoms with Crippen molar-refractivity contribution in [1.29, 1.82) is 0 Å². The molecular weight excluding hydrogens is 602 g/mol. The van der Waals surface area contributed by atoms with E-state index in [-0.39, 0.29) is 23.4 Å². The fourth-order valence-electron chi connectivity index (χ4n) is 5.01. The molecule has 1 saturated carbocycles. The summed E-state index contributed by atoms with van der Waals surface area (Å²) >= 11 is 3.44. The number of nitrogens with one attached hydrogen (secondary N) is 1. The molecule has 1 aliphatic rings. The van der Waals surface area contributed by atoms with E-state index >= 15 is 0 Å². The number of anilines is 1. The SMILES string of the molecule is Cc1ccc(S(=O)(=O)N(CC(=O)N(Cc2ccc(Br)cc2)C(C)C(=O)NC2CCCC2)c2ccc(C)c(C)c2)cc1. The second kappa shape index (κ2) is 13.2. The quantitative estimate of drug-likeness (QED) is 0.293. The molecule has 218 valence electrons. The molecule has 9 heteroatoms. The van der Waals surface area contributed by atoms with Crippen molar-refractivity contribution in [2.45, 2.75) is 76.9 Å². The number of amides is 2. The van der Waals surface area contributed by atoms with Crippen LogP contribution in [0.15, 0.2) is 76.1 Å². The minimum Gasteiger partial charge on any atom is -0.352 e. The van der Waals surface area contributed by atoms with Gasteiger partial charge < -0.3 is 10.2 Å². The van der Waals surface area contributed by atoms with Crippen molar-refractivity contribution in [2.24, 2.45) is 0 Å². The van der Waals surface area contributed by atoms with Gasteiger partial charge in [-0.1, -0.05) is 64.7 Å². The van der Waals surface area contributed by atoms with Gasteiger partial charge in [0.2, 0.25) is 11.8 Å². The highest BCUT2D eigenvalue weighted by Crippen LogP contribution is 2.27. The molecular formula is C32H38BrN3O4S. The number of benzene rings is 3. The number of hydrogen-bond donors (Lipinski definition) is 1. The Hall–Kier alpha value is -3.17. The van der Waals surface area contributed by atoms with Crippen LogP contribution in [0.25, 0.3) is 0 Å². The first-order valence-corrected chi connectivity index (χ1v) is 16.2. The third-order valence-corrected chi connectivity index (χ3v) is 10.1. The minimum atomic E-state index is -4.09. The Balaban J connectivity index is 1.70. The molecule has 0 spiro atoms. The first-order chi connectivity index (χ1) is 19.5. The van der Waals surface area contributed by atoms with Gasteiger partial charge in [-0.15, -0.1) is 0 Å². The third-order valence-electron chi connectivity index (χ3n) is 7.80. The Kier molecular flexibility index (Phi) is 9.92. The predicted octanol–water partition coefficient (Wildman–Crippen LogP) is 6.05. The summed E-state index contributed by atoms with van der Waals surface area (Å²) in [5.41, 5.74) is 4.09. The highest BCUT2D eigenvalue weighted by atomic mass is 79.9. The highest BCUT2D eigenvalue weighted by Gasteiger charge is 2.33. The van der Waals surface area contributed by atoms with Crippen LogP contribution in [0.1, 0.15) is 54.9 Å². The van der Waals surface area contributed by atoms with Crippen molar-refractivity contribution in [3.05, 3.63) is 93.5 Å². The molecule has 1 atom stereocenters. The van der Waals surface area contributed by atoms with Gasteiger partial charge in [-0.05, 0) is 93.6 Å². The monoisotopic (exact) mass is 639 g/mol. The summed E-state index contributed by atoms with van der Waals surface area (Å²) in [6, 6.07) is 18.8. The molecule has 0 radical (unpaired) electrons. The topological polar surface area (TPSA) is 86.8 Å². The zero-order valence-corrected chi connectivity index (χ0v) is 26.5. The minimum absolute atomic E-state index is 0.0978. The largest absolute Gasteiger partial charge is 0.352 e. The number of halogens is 1. The summed E-state index contributed by atoms with van der Waals surface area (Å²) < 4.78 is 30.1. The average Bonchev–Trinajstić information content (AvgIpc) is 3.45. The van der Waals surface area contributed by atoms with Gasteiger partial charge >= 0.3 is 0 Å². The molecule has 3 aromatic carbocycles. The lowest BCUT2D eigenvalue weighted by molar-refractivity contribution is -0.139. The van der Waals surface area contributed by atoms with Gasteiger partial charge in [0.15, 0.2) is 0 Å². The molecule has 0 bridgehead atoms. The second-order valence-electron chi connectivity index (χ2n) is 10.9. The van der Waals surface area contributed by atoms with E-state index in [9.17, 15) is 18.0 Å². The fraction of sp³-hybridized carbons (Fsp3) is 0.375. The molecule has 2 amide bonds. The Labute approximate surface area is 252 Å². The molecule has 1 unspecified atom stereocenters. The Bertz CT molecular complexity index is 1480. The number of nitrogens with zero attached hydrogens (tertiary/aromatic N) is 2. The van der Waals surface area contributed by atoms with Crippen molar-refractivity contribution in [3.8, 4) is 0 Å². The molecule has 4 rings (SSSR count). The van der Waals surface area contributed by atoms with Crippen LogP contribution >= 0.6 is 15.9 Å². The third kappa shape index (κ3) is 7.57. The van der Waals surface area contributed by atoms with Gasteiger partial charge in [0.25, 0.3) is 10.0 Å². The van der Waals surface area contributed by atoms with E-state index in [1.165, 1.54) is 4.90 Å². The van der Waals surface area contributed by atoms with Crippen LogP contribution in [-0.4, -0.2) is 43.8 Å². The van der Waals surface area contributed by atoms with Gasteiger partial charge in [0.05, 0.1) is 10.6 Å². The molecule has 1 fully saturated rings. The molecule has 0 aliphatic heterocycles. The molecule has 41 heavy (non-hydrogen) atoms. The summed E-state index contributed by atoms with van der Waals surface area (Å²) in [7, 11) is -4.09. The Morgan fingerprint density at radius 1 is 0.927 bits per heavy atom. The van der Waals surface area contributed by atoms with Gasteiger partial charge in [-0.3, -0.25) is 13.9 Å². The average molecular weight is 641 g/mol. The highest BCUT2D eigenvalue weighted by molar-refractivity contribution is 9.10. The molecule has 0 aromatic heterocycles. The van der Waals surface area contributed by atoms with E-state index in [2.05, 4.69) is 21.2 Å². The van der Waals surface area contributed by atoms with Gasteiger partial charge in [-0.25, -0.2) is 8.42 Å². The van der Waals surface area contributed by atoms with Crippen LogP contribution in [0.2, 0.25) is 0 Å². The van der Waals surface area contributed by atoms with Crippen LogP contribution in [0.3, 0.4) is 0 Å². The first-order valence-electron chi connectivity index (χ1n) is 14.0. The second-order valence-corrected chi connectivity index (χ2v) is 13.7. The van der Waals surface area contributed by atoms with Crippen LogP contribution in [0, 0.1) is 20.8 Å². The number of carbonyl (C=O) groups is 2. The van der Waals surface area contributed by atoms with E-state index in [0.717, 1.165) is 56.7 Å². The summed E-state index contributed by atoms with van der Waals surface area (Å²) in [6.07, 6.45) is 3.99. The number of aryl methyl sites for hydroxylation is 3. The lowest BCUT2D eigenvalue weighted by Gasteiger charge is -2.32. The summed E-state index contributed by atoms with van der Waals surface area (Å²) in [5.74, 6) is -0.697. The summed E-state index contributed by atoms with van der Waals surface area (Å²) in [6.45, 7) is 7.17. The fourth-order valence-corrected chi connectivity index (χ4v) is 6.68. The lowest BCUT2D eigenvalue weighted by Crippen LogP contribution is -2.52. The van der Waals surface area contributed by atoms with Gasteiger partial charge in [0, 0.05) is 17.1 Å². The van der Waals surface area contributed by atoms with E-state index in [0.29, 0.717) is 5.69 Å². The summed E-state index contributed by atoms with van der Waals surface area (Å²) in [4.78, 5) is 29.0. The van der Waals surface area contributed by atoms with Gasteiger partial charge in [-0.2, -0.15) is 0 Å². The maximum Gasteiger partial charge on any atom is 0.264 e. The Morgan fingerprint density at radius 3 is 2.17 bits per heavy atom. The molecule has 0 heterocycles. The standard InChI is InChI=1S/C32H38BrN3O4S/c1-22-9-17-30(18-10-22)41(39,40)36(29-16-11-23(2)24(3)19-29)21-31(37)35(20-26-12-14-27(33)15-13-26)25(4)32(38)34-28-7-5-6-8-28/h9-19,25,28H,5-8,20-21H2,1-4H3,(H,34,38). The van der Waals surface area contributed by atoms with Crippen LogP contribution < -0.4 is 9.62 Å². The summed E-state index contributed by atoms with van der Waals surface area (Å²) in [5, 5.41) is 3.10. The van der Waals surface area contributed by atoms with Crippen molar-refractivity contribution < 1.29 is 18.0 Å². The molecule has 1 aliphatic carbocycles. The molecule has 1 N–H and O–H groups in total. The maximum atomic E-state index is 14.1. The molecule has 0 saturated heterocycles. The van der Waals surface area contributed by atoms with Crippen LogP contribution in [0.5, 0.6) is 0 Å². The van der Waals surface area contributed by atoms with Crippen LogP contribution in [-0.2, 0) is 26.2 Å². The maximum absolute atomic E-state index is 14.1. The Morgan fingerprint density at radius 2 is 1.56 bits per heavy atom. The zero-order valence-electron chi connectivity index (χ0n) is 24.1. The van der Waals surface area contributed by atoms with E-state index < -0.39 is 28.5 Å². The number of carbonyl (C=O) groups excluding carboxylic acids is 2. The van der Waals surface area contributed by atoms with Crippen molar-refractivity contribution >= 4 is 43.5 Å². The molecule has 7 nitrogen and oxygen atoms in total. The van der Waals surface area contributed by atoms with E-state index in [1.54, 1.807) is 43.3 Å². The first kappa shape index (κ1) is 30.8. The normalized spacial score (nSPS) is 14.5. The number of hydrogen-bond acceptors (Lipinski definition) is 4. The number of rotatable bonds is 10. The zero-order chi connectivity index (χ0) is 29.7. The van der Waals surface area contributed by atoms with E-state index in [1.807, 2.05) is 51.1 Å². The number of sulfonamides is 1.